The lowest BCUT2D eigenvalue weighted by Crippen LogP contribution is -2.37. The molecule has 0 unspecified atom stereocenters. The van der Waals surface area contributed by atoms with Crippen molar-refractivity contribution in [1.82, 2.24) is 4.90 Å². The molecule has 0 saturated carbocycles. The first kappa shape index (κ1) is 14.6. The molecule has 0 spiro atoms. The number of likely N-dealkylation sites (N-methyl/N-ethyl adjacent to an activating group) is 1. The van der Waals surface area contributed by atoms with Crippen LogP contribution in [0.2, 0.25) is 0 Å². The molecule has 0 amide bonds. The Kier molecular flexibility index (Phi) is 7.33. The van der Waals surface area contributed by atoms with Gasteiger partial charge in [0.15, 0.2) is 0 Å². The molecule has 0 aliphatic rings. The highest BCUT2D eigenvalue weighted by molar-refractivity contribution is 7.98. The van der Waals surface area contributed by atoms with Gasteiger partial charge in [0.05, 0.1) is 0 Å². The summed E-state index contributed by atoms with van der Waals surface area (Å²) in [6, 6.07) is 10.9. The molecule has 2 N–H and O–H groups in total. The van der Waals surface area contributed by atoms with Crippen molar-refractivity contribution in [2.24, 2.45) is 5.73 Å². The van der Waals surface area contributed by atoms with Crippen LogP contribution in [-0.4, -0.2) is 36.0 Å². The predicted molar refractivity (Wildman–Crippen MR) is 78.4 cm³/mol. The molecule has 0 heterocycles. The van der Waals surface area contributed by atoms with E-state index in [0.29, 0.717) is 6.04 Å². The van der Waals surface area contributed by atoms with E-state index in [1.807, 2.05) is 11.8 Å². The second-order valence-electron chi connectivity index (χ2n) is 4.35. The molecule has 0 radical (unpaired) electrons. The standard InChI is InChI=1S/C14H24N2S/c1-3-16(12-14(15)9-10-17-2)11-13-7-5-4-6-8-13/h4-8,14H,3,9-12,15H2,1-2H3/t14-/m0/s1. The van der Waals surface area contributed by atoms with Crippen LogP contribution in [0.3, 0.4) is 0 Å². The molecule has 0 aliphatic heterocycles. The number of rotatable bonds is 8. The van der Waals surface area contributed by atoms with E-state index in [2.05, 4.69) is 48.4 Å². The Balaban J connectivity index is 2.38. The maximum Gasteiger partial charge on any atom is 0.0234 e. The van der Waals surface area contributed by atoms with Crippen LogP contribution in [0, 0.1) is 0 Å². The van der Waals surface area contributed by atoms with E-state index in [-0.39, 0.29) is 0 Å². The van der Waals surface area contributed by atoms with Gasteiger partial charge in [-0.25, -0.2) is 0 Å². The summed E-state index contributed by atoms with van der Waals surface area (Å²) in [5, 5.41) is 0. The zero-order valence-corrected chi connectivity index (χ0v) is 11.7. The van der Waals surface area contributed by atoms with Crippen LogP contribution >= 0.6 is 11.8 Å². The van der Waals surface area contributed by atoms with Crippen LogP contribution in [0.4, 0.5) is 0 Å². The summed E-state index contributed by atoms with van der Waals surface area (Å²) >= 11 is 1.87. The van der Waals surface area contributed by atoms with Crippen LogP contribution in [0.1, 0.15) is 18.9 Å². The van der Waals surface area contributed by atoms with Gasteiger partial charge in [-0.1, -0.05) is 37.3 Å². The SMILES string of the molecule is CCN(Cc1ccccc1)C[C@@H](N)CCSC. The summed E-state index contributed by atoms with van der Waals surface area (Å²) in [6.45, 7) is 5.25. The summed E-state index contributed by atoms with van der Waals surface area (Å²) < 4.78 is 0. The van der Waals surface area contributed by atoms with Gasteiger partial charge in [-0.05, 0) is 30.5 Å². The number of nitrogens with zero attached hydrogens (tertiary/aromatic N) is 1. The number of hydrogen-bond donors (Lipinski definition) is 1. The van der Waals surface area contributed by atoms with Crippen molar-refractivity contribution in [3.63, 3.8) is 0 Å². The number of hydrogen-bond acceptors (Lipinski definition) is 3. The third-order valence-corrected chi connectivity index (χ3v) is 3.53. The largest absolute Gasteiger partial charge is 0.327 e. The topological polar surface area (TPSA) is 29.3 Å². The first-order valence-electron chi connectivity index (χ1n) is 6.27. The Morgan fingerprint density at radius 2 is 2.00 bits per heavy atom. The average Bonchev–Trinajstić information content (AvgIpc) is 2.36. The minimum Gasteiger partial charge on any atom is -0.327 e. The smallest absolute Gasteiger partial charge is 0.0234 e. The molecule has 0 saturated heterocycles. The monoisotopic (exact) mass is 252 g/mol. The molecule has 0 aliphatic carbocycles. The van der Waals surface area contributed by atoms with Gasteiger partial charge in [0.1, 0.15) is 0 Å². The Labute approximate surface area is 110 Å². The Morgan fingerprint density at radius 1 is 1.29 bits per heavy atom. The fourth-order valence-corrected chi connectivity index (χ4v) is 2.38. The second kappa shape index (κ2) is 8.56. The maximum atomic E-state index is 6.13. The molecule has 3 heteroatoms. The van der Waals surface area contributed by atoms with Gasteiger partial charge in [0, 0.05) is 19.1 Å². The minimum absolute atomic E-state index is 0.297. The molecular weight excluding hydrogens is 228 g/mol. The molecule has 96 valence electrons. The molecule has 17 heavy (non-hydrogen) atoms. The third kappa shape index (κ3) is 6.10. The number of nitrogens with two attached hydrogens (primary N) is 1. The van der Waals surface area contributed by atoms with Gasteiger partial charge in [0.25, 0.3) is 0 Å². The normalized spacial score (nSPS) is 12.9. The van der Waals surface area contributed by atoms with Crippen LogP contribution in [0.15, 0.2) is 30.3 Å². The molecule has 1 rings (SSSR count). The molecule has 1 aromatic carbocycles. The van der Waals surface area contributed by atoms with E-state index in [4.69, 9.17) is 5.73 Å². The molecule has 0 aromatic heterocycles. The van der Waals surface area contributed by atoms with E-state index < -0.39 is 0 Å². The molecule has 0 fully saturated rings. The molecule has 2 nitrogen and oxygen atoms in total. The Hall–Kier alpha value is -0.510. The van der Waals surface area contributed by atoms with Crippen LogP contribution < -0.4 is 5.73 Å². The van der Waals surface area contributed by atoms with Crippen LogP contribution in [0.25, 0.3) is 0 Å². The lowest BCUT2D eigenvalue weighted by molar-refractivity contribution is 0.259. The summed E-state index contributed by atoms with van der Waals surface area (Å²) in [5.74, 6) is 1.16. The highest BCUT2D eigenvalue weighted by Crippen LogP contribution is 2.06. The van der Waals surface area contributed by atoms with Gasteiger partial charge >= 0.3 is 0 Å². The molecular formula is C14H24N2S. The summed E-state index contributed by atoms with van der Waals surface area (Å²) in [5.41, 5.74) is 7.50. The first-order valence-corrected chi connectivity index (χ1v) is 7.66. The molecule has 0 bridgehead atoms. The van der Waals surface area contributed by atoms with Crippen molar-refractivity contribution in [3.8, 4) is 0 Å². The van der Waals surface area contributed by atoms with Gasteiger partial charge < -0.3 is 5.73 Å². The zero-order valence-electron chi connectivity index (χ0n) is 10.9. The van der Waals surface area contributed by atoms with Gasteiger partial charge in [0.2, 0.25) is 0 Å². The fraction of sp³-hybridized carbons (Fsp3) is 0.571. The van der Waals surface area contributed by atoms with E-state index in [1.54, 1.807) is 0 Å². The summed E-state index contributed by atoms with van der Waals surface area (Å²) in [4.78, 5) is 2.42. The Bertz CT molecular complexity index is 290. The van der Waals surface area contributed by atoms with E-state index in [9.17, 15) is 0 Å². The lowest BCUT2D eigenvalue weighted by atomic mass is 10.2. The van der Waals surface area contributed by atoms with Crippen molar-refractivity contribution >= 4 is 11.8 Å². The lowest BCUT2D eigenvalue weighted by Gasteiger charge is -2.24. The average molecular weight is 252 g/mol. The van der Waals surface area contributed by atoms with Crippen molar-refractivity contribution < 1.29 is 0 Å². The summed E-state index contributed by atoms with van der Waals surface area (Å²) in [6.07, 6.45) is 3.24. The van der Waals surface area contributed by atoms with Crippen LogP contribution in [0.5, 0.6) is 0 Å². The molecule has 1 atom stereocenters. The van der Waals surface area contributed by atoms with Crippen molar-refractivity contribution in [2.75, 3.05) is 25.1 Å². The van der Waals surface area contributed by atoms with Gasteiger partial charge in [-0.3, -0.25) is 4.90 Å². The summed E-state index contributed by atoms with van der Waals surface area (Å²) in [7, 11) is 0. The maximum absolute atomic E-state index is 6.13. The van der Waals surface area contributed by atoms with Gasteiger partial charge in [-0.15, -0.1) is 0 Å². The number of thioether (sulfide) groups is 1. The van der Waals surface area contributed by atoms with Crippen LogP contribution in [-0.2, 0) is 6.54 Å². The highest BCUT2D eigenvalue weighted by Gasteiger charge is 2.09. The third-order valence-electron chi connectivity index (χ3n) is 2.88. The highest BCUT2D eigenvalue weighted by atomic mass is 32.2. The van der Waals surface area contributed by atoms with Gasteiger partial charge in [-0.2, -0.15) is 11.8 Å². The van der Waals surface area contributed by atoms with E-state index >= 15 is 0 Å². The van der Waals surface area contributed by atoms with Crippen molar-refractivity contribution in [3.05, 3.63) is 35.9 Å². The Morgan fingerprint density at radius 3 is 2.59 bits per heavy atom. The van der Waals surface area contributed by atoms with Crippen molar-refractivity contribution in [2.45, 2.75) is 25.9 Å². The first-order chi connectivity index (χ1) is 8.26. The molecule has 1 aromatic rings. The van der Waals surface area contributed by atoms with E-state index in [0.717, 1.165) is 31.8 Å². The quantitative estimate of drug-likeness (QED) is 0.771. The number of benzene rings is 1. The minimum atomic E-state index is 0.297. The van der Waals surface area contributed by atoms with E-state index in [1.165, 1.54) is 5.56 Å². The predicted octanol–water partition coefficient (Wildman–Crippen LogP) is 2.59. The second-order valence-corrected chi connectivity index (χ2v) is 5.34. The van der Waals surface area contributed by atoms with Crippen molar-refractivity contribution in [1.29, 1.82) is 0 Å². The fourth-order valence-electron chi connectivity index (χ4n) is 1.84. The zero-order chi connectivity index (χ0) is 12.5.